The molecule has 33 heavy (non-hydrogen) atoms. The van der Waals surface area contributed by atoms with Crippen molar-refractivity contribution in [3.8, 4) is 5.75 Å². The van der Waals surface area contributed by atoms with Gasteiger partial charge in [0.15, 0.2) is 5.13 Å². The van der Waals surface area contributed by atoms with Gasteiger partial charge in [0, 0.05) is 17.5 Å². The molecule has 0 unspecified atom stereocenters. The van der Waals surface area contributed by atoms with Crippen LogP contribution in [-0.4, -0.2) is 28.2 Å². The number of ether oxygens (including phenoxy) is 1. The number of aromatic nitrogens is 2. The SMILES string of the molecule is CCOc1ccc2nc(N(Cc3ccccn3)C(=O)CCCSc3ccc(F)cc3)sc2c1. The number of halogens is 1. The summed E-state index contributed by atoms with van der Waals surface area (Å²) < 4.78 is 19.6. The van der Waals surface area contributed by atoms with Crippen molar-refractivity contribution in [3.05, 3.63) is 78.4 Å². The van der Waals surface area contributed by atoms with Gasteiger partial charge in [-0.2, -0.15) is 0 Å². The molecular weight excluding hydrogens is 457 g/mol. The first kappa shape index (κ1) is 23.2. The molecule has 2 heterocycles. The molecule has 2 aromatic carbocycles. The van der Waals surface area contributed by atoms with Gasteiger partial charge >= 0.3 is 0 Å². The van der Waals surface area contributed by atoms with Crippen LogP contribution in [0.5, 0.6) is 5.75 Å². The molecule has 0 aliphatic heterocycles. The molecule has 0 radical (unpaired) electrons. The Morgan fingerprint density at radius 2 is 2.00 bits per heavy atom. The zero-order chi connectivity index (χ0) is 23.0. The summed E-state index contributed by atoms with van der Waals surface area (Å²) in [6, 6.07) is 17.9. The molecule has 0 N–H and O–H groups in total. The lowest BCUT2D eigenvalue weighted by atomic mass is 10.2. The Bertz CT molecular complexity index is 1200. The maximum Gasteiger partial charge on any atom is 0.229 e. The Labute approximate surface area is 200 Å². The molecule has 8 heteroatoms. The number of anilines is 1. The van der Waals surface area contributed by atoms with Gasteiger partial charge in [-0.15, -0.1) is 11.8 Å². The summed E-state index contributed by atoms with van der Waals surface area (Å²) in [5, 5.41) is 0.653. The van der Waals surface area contributed by atoms with Crippen molar-refractivity contribution in [2.45, 2.75) is 31.2 Å². The third kappa shape index (κ3) is 6.30. The van der Waals surface area contributed by atoms with Crippen LogP contribution in [0.25, 0.3) is 10.2 Å². The summed E-state index contributed by atoms with van der Waals surface area (Å²) in [6.07, 6.45) is 2.82. The highest BCUT2D eigenvalue weighted by molar-refractivity contribution is 7.99. The average molecular weight is 482 g/mol. The number of hydrogen-bond acceptors (Lipinski definition) is 6. The lowest BCUT2D eigenvalue weighted by Gasteiger charge is -2.19. The van der Waals surface area contributed by atoms with E-state index in [4.69, 9.17) is 9.72 Å². The van der Waals surface area contributed by atoms with Gasteiger partial charge in [-0.3, -0.25) is 14.7 Å². The van der Waals surface area contributed by atoms with E-state index in [1.54, 1.807) is 35.0 Å². The van der Waals surface area contributed by atoms with Gasteiger partial charge < -0.3 is 4.74 Å². The van der Waals surface area contributed by atoms with Gasteiger partial charge in [0.05, 0.1) is 29.1 Å². The van der Waals surface area contributed by atoms with Gasteiger partial charge in [0.25, 0.3) is 0 Å². The smallest absolute Gasteiger partial charge is 0.229 e. The quantitative estimate of drug-likeness (QED) is 0.196. The second-order valence-electron chi connectivity index (χ2n) is 7.27. The Morgan fingerprint density at radius 3 is 2.76 bits per heavy atom. The van der Waals surface area contributed by atoms with E-state index in [0.29, 0.717) is 31.1 Å². The number of thiazole rings is 1. The van der Waals surface area contributed by atoms with E-state index in [-0.39, 0.29) is 11.7 Å². The van der Waals surface area contributed by atoms with Gasteiger partial charge in [0.2, 0.25) is 5.91 Å². The number of rotatable bonds is 10. The van der Waals surface area contributed by atoms with Crippen molar-refractivity contribution in [1.82, 2.24) is 9.97 Å². The highest BCUT2D eigenvalue weighted by Gasteiger charge is 2.20. The number of thioether (sulfide) groups is 1. The number of benzene rings is 2. The average Bonchev–Trinajstić information content (AvgIpc) is 3.25. The zero-order valence-electron chi connectivity index (χ0n) is 18.2. The molecule has 4 aromatic rings. The van der Waals surface area contributed by atoms with Crippen molar-refractivity contribution < 1.29 is 13.9 Å². The summed E-state index contributed by atoms with van der Waals surface area (Å²) >= 11 is 3.09. The van der Waals surface area contributed by atoms with Crippen LogP contribution in [0.3, 0.4) is 0 Å². The summed E-state index contributed by atoms with van der Waals surface area (Å²) in [4.78, 5) is 25.0. The fraction of sp³-hybridized carbons (Fsp3) is 0.240. The zero-order valence-corrected chi connectivity index (χ0v) is 19.9. The first-order valence-corrected chi connectivity index (χ1v) is 12.5. The molecule has 2 aromatic heterocycles. The molecular formula is C25H24FN3O2S2. The molecule has 0 aliphatic rings. The highest BCUT2D eigenvalue weighted by atomic mass is 32.2. The van der Waals surface area contributed by atoms with Crippen molar-refractivity contribution in [2.75, 3.05) is 17.3 Å². The van der Waals surface area contributed by atoms with Crippen LogP contribution < -0.4 is 9.64 Å². The molecule has 0 saturated heterocycles. The number of hydrogen-bond donors (Lipinski definition) is 0. The van der Waals surface area contributed by atoms with Crippen LogP contribution in [0.4, 0.5) is 9.52 Å². The molecule has 4 rings (SSSR count). The van der Waals surface area contributed by atoms with E-state index in [1.165, 1.54) is 23.5 Å². The largest absolute Gasteiger partial charge is 0.494 e. The van der Waals surface area contributed by atoms with Crippen molar-refractivity contribution in [1.29, 1.82) is 0 Å². The molecule has 5 nitrogen and oxygen atoms in total. The predicted molar refractivity (Wildman–Crippen MR) is 133 cm³/mol. The molecule has 0 fully saturated rings. The molecule has 0 saturated carbocycles. The van der Waals surface area contributed by atoms with Gasteiger partial charge in [0.1, 0.15) is 11.6 Å². The van der Waals surface area contributed by atoms with E-state index in [2.05, 4.69) is 4.98 Å². The number of carbonyl (C=O) groups is 1. The van der Waals surface area contributed by atoms with E-state index in [9.17, 15) is 9.18 Å². The first-order valence-electron chi connectivity index (χ1n) is 10.7. The Hall–Kier alpha value is -2.97. The Balaban J connectivity index is 1.47. The second kappa shape index (κ2) is 11.2. The summed E-state index contributed by atoms with van der Waals surface area (Å²) in [7, 11) is 0. The number of amides is 1. The molecule has 0 atom stereocenters. The minimum atomic E-state index is -0.246. The molecule has 0 aliphatic carbocycles. The van der Waals surface area contributed by atoms with E-state index in [1.807, 2.05) is 43.3 Å². The minimum absolute atomic E-state index is 0.00412. The molecule has 0 bridgehead atoms. The van der Waals surface area contributed by atoms with Gasteiger partial charge in [-0.1, -0.05) is 17.4 Å². The fourth-order valence-corrected chi connectivity index (χ4v) is 5.12. The third-order valence-corrected chi connectivity index (χ3v) is 6.99. The van der Waals surface area contributed by atoms with Crippen LogP contribution >= 0.6 is 23.1 Å². The first-order chi connectivity index (χ1) is 16.1. The maximum absolute atomic E-state index is 13.2. The summed E-state index contributed by atoms with van der Waals surface area (Å²) in [5.74, 6) is 1.32. The van der Waals surface area contributed by atoms with Crippen LogP contribution in [-0.2, 0) is 11.3 Å². The van der Waals surface area contributed by atoms with E-state index < -0.39 is 0 Å². The van der Waals surface area contributed by atoms with Crippen LogP contribution in [0, 0.1) is 5.82 Å². The topological polar surface area (TPSA) is 55.3 Å². The Kier molecular flexibility index (Phi) is 7.91. The van der Waals surface area contributed by atoms with Crippen LogP contribution in [0.15, 0.2) is 71.8 Å². The number of pyridine rings is 1. The fourth-order valence-electron chi connectivity index (χ4n) is 3.26. The second-order valence-corrected chi connectivity index (χ2v) is 9.44. The van der Waals surface area contributed by atoms with Gasteiger partial charge in [-0.25, -0.2) is 9.37 Å². The molecule has 170 valence electrons. The number of fused-ring (bicyclic) bond motifs is 1. The summed E-state index contributed by atoms with van der Waals surface area (Å²) in [6.45, 7) is 2.91. The number of nitrogens with zero attached hydrogens (tertiary/aromatic N) is 3. The van der Waals surface area contributed by atoms with Crippen molar-refractivity contribution in [2.24, 2.45) is 0 Å². The van der Waals surface area contributed by atoms with Crippen LogP contribution in [0.1, 0.15) is 25.5 Å². The van der Waals surface area contributed by atoms with Gasteiger partial charge in [-0.05, 0) is 73.7 Å². The van der Waals surface area contributed by atoms with Crippen molar-refractivity contribution in [3.63, 3.8) is 0 Å². The highest BCUT2D eigenvalue weighted by Crippen LogP contribution is 2.33. The standard InChI is InChI=1S/C25H24FN3O2S2/c1-2-31-20-10-13-22-23(16-20)33-25(28-22)29(17-19-6-3-4-14-27-19)24(30)7-5-15-32-21-11-8-18(26)9-12-21/h3-4,6,8-14,16H,2,5,7,15,17H2,1H3. The monoisotopic (exact) mass is 481 g/mol. The normalized spacial score (nSPS) is 11.0. The lowest BCUT2D eigenvalue weighted by Crippen LogP contribution is -2.30. The molecule has 1 amide bonds. The Morgan fingerprint density at radius 1 is 1.15 bits per heavy atom. The third-order valence-electron chi connectivity index (χ3n) is 4.86. The minimum Gasteiger partial charge on any atom is -0.494 e. The maximum atomic E-state index is 13.2. The molecule has 0 spiro atoms. The summed E-state index contributed by atoms with van der Waals surface area (Å²) in [5.41, 5.74) is 1.64. The van der Waals surface area contributed by atoms with E-state index in [0.717, 1.165) is 32.3 Å². The number of carbonyl (C=O) groups excluding carboxylic acids is 1. The lowest BCUT2D eigenvalue weighted by molar-refractivity contribution is -0.118. The predicted octanol–water partition coefficient (Wildman–Crippen LogP) is 6.33. The van der Waals surface area contributed by atoms with Crippen LogP contribution in [0.2, 0.25) is 0 Å². The van der Waals surface area contributed by atoms with E-state index >= 15 is 0 Å². The van der Waals surface area contributed by atoms with Crippen molar-refractivity contribution >= 4 is 44.4 Å².